The van der Waals surface area contributed by atoms with Crippen LogP contribution in [-0.4, -0.2) is 70.7 Å². The third-order valence-corrected chi connectivity index (χ3v) is 8.51. The van der Waals surface area contributed by atoms with Crippen LogP contribution in [0.5, 0.6) is 5.75 Å². The Hall–Kier alpha value is -2.43. The van der Waals surface area contributed by atoms with E-state index in [9.17, 15) is 18.0 Å². The summed E-state index contributed by atoms with van der Waals surface area (Å²) in [6, 6.07) is 4.72. The second-order valence-corrected chi connectivity index (χ2v) is 10.7. The lowest BCUT2D eigenvalue weighted by Gasteiger charge is -2.34. The summed E-state index contributed by atoms with van der Waals surface area (Å²) in [7, 11) is -2.38. The van der Waals surface area contributed by atoms with Gasteiger partial charge in [0, 0.05) is 25.2 Å². The van der Waals surface area contributed by atoms with Crippen molar-refractivity contribution < 1.29 is 32.2 Å². The summed E-state index contributed by atoms with van der Waals surface area (Å²) in [6.45, 7) is 5.14. The number of hydrogen-bond acceptors (Lipinski definition) is 7. The second-order valence-electron chi connectivity index (χ2n) is 8.81. The monoisotopic (exact) mass is 494 g/mol. The van der Waals surface area contributed by atoms with Gasteiger partial charge in [0.2, 0.25) is 10.0 Å². The molecule has 0 bridgehead atoms. The summed E-state index contributed by atoms with van der Waals surface area (Å²) < 4.78 is 43.0. The molecule has 9 nitrogen and oxygen atoms in total. The largest absolute Gasteiger partial charge is 0.495 e. The molecule has 3 unspecified atom stereocenters. The van der Waals surface area contributed by atoms with Gasteiger partial charge in [-0.15, -0.1) is 0 Å². The molecule has 1 aromatic carbocycles. The van der Waals surface area contributed by atoms with E-state index in [1.165, 1.54) is 35.7 Å². The molecule has 1 N–H and O–H groups in total. The molecule has 2 aliphatic rings. The molecule has 0 spiro atoms. The van der Waals surface area contributed by atoms with Crippen LogP contribution in [0.4, 0.5) is 0 Å². The Labute approximate surface area is 201 Å². The highest BCUT2D eigenvalue weighted by atomic mass is 32.2. The van der Waals surface area contributed by atoms with E-state index in [2.05, 4.69) is 19.2 Å². The molecule has 1 aliphatic heterocycles. The molecular weight excluding hydrogens is 460 g/mol. The minimum atomic E-state index is -3.78. The number of esters is 1. The van der Waals surface area contributed by atoms with Crippen molar-refractivity contribution >= 4 is 28.0 Å². The average molecular weight is 495 g/mol. The fourth-order valence-electron chi connectivity index (χ4n) is 4.31. The maximum atomic E-state index is 13.1. The fourth-order valence-corrected chi connectivity index (χ4v) is 5.91. The molecule has 10 heteroatoms. The van der Waals surface area contributed by atoms with Crippen LogP contribution < -0.4 is 10.1 Å². The van der Waals surface area contributed by atoms with Crippen molar-refractivity contribution in [1.29, 1.82) is 0 Å². The van der Waals surface area contributed by atoms with Gasteiger partial charge in [0.05, 0.1) is 20.3 Å². The van der Waals surface area contributed by atoms with E-state index >= 15 is 0 Å². The zero-order chi connectivity index (χ0) is 24.7. The van der Waals surface area contributed by atoms with Gasteiger partial charge in [-0.05, 0) is 42.0 Å². The molecule has 34 heavy (non-hydrogen) atoms. The van der Waals surface area contributed by atoms with E-state index in [1.54, 1.807) is 6.07 Å². The van der Waals surface area contributed by atoms with Crippen LogP contribution in [-0.2, 0) is 29.1 Å². The lowest BCUT2D eigenvalue weighted by atomic mass is 9.78. The van der Waals surface area contributed by atoms with Crippen molar-refractivity contribution in [2.75, 3.05) is 40.0 Å². The van der Waals surface area contributed by atoms with Gasteiger partial charge >= 0.3 is 5.97 Å². The van der Waals surface area contributed by atoms with Gasteiger partial charge in [0.15, 0.2) is 6.61 Å². The third-order valence-electron chi connectivity index (χ3n) is 6.59. The lowest BCUT2D eigenvalue weighted by Crippen LogP contribution is -2.45. The van der Waals surface area contributed by atoms with Gasteiger partial charge in [-0.2, -0.15) is 4.31 Å². The van der Waals surface area contributed by atoms with Gasteiger partial charge in [-0.1, -0.05) is 32.8 Å². The molecule has 1 amide bonds. The van der Waals surface area contributed by atoms with Gasteiger partial charge < -0.3 is 19.5 Å². The highest BCUT2D eigenvalue weighted by Crippen LogP contribution is 2.30. The summed E-state index contributed by atoms with van der Waals surface area (Å²) >= 11 is 0. The van der Waals surface area contributed by atoms with E-state index in [0.717, 1.165) is 19.3 Å². The molecule has 1 saturated heterocycles. The first-order valence-electron chi connectivity index (χ1n) is 11.6. The molecule has 0 aromatic heterocycles. The van der Waals surface area contributed by atoms with E-state index in [-0.39, 0.29) is 42.3 Å². The number of methoxy groups -OCH3 is 1. The van der Waals surface area contributed by atoms with Crippen molar-refractivity contribution in [1.82, 2.24) is 9.62 Å². The van der Waals surface area contributed by atoms with Crippen LogP contribution in [0.25, 0.3) is 6.08 Å². The van der Waals surface area contributed by atoms with Crippen molar-refractivity contribution in [2.24, 2.45) is 11.8 Å². The van der Waals surface area contributed by atoms with Crippen LogP contribution in [0.2, 0.25) is 0 Å². The van der Waals surface area contributed by atoms with E-state index in [4.69, 9.17) is 14.2 Å². The Bertz CT molecular complexity index is 1000. The number of carbonyl (C=O) groups excluding carboxylic acids is 2. The van der Waals surface area contributed by atoms with E-state index in [1.807, 2.05) is 0 Å². The van der Waals surface area contributed by atoms with Gasteiger partial charge in [0.1, 0.15) is 10.6 Å². The first-order valence-corrected chi connectivity index (χ1v) is 13.1. The topological polar surface area (TPSA) is 111 Å². The second kappa shape index (κ2) is 11.8. The third kappa shape index (κ3) is 6.58. The first-order chi connectivity index (χ1) is 16.2. The quantitative estimate of drug-likeness (QED) is 0.436. The van der Waals surface area contributed by atoms with Crippen LogP contribution in [0.3, 0.4) is 0 Å². The highest BCUT2D eigenvalue weighted by molar-refractivity contribution is 7.89. The summed E-state index contributed by atoms with van der Waals surface area (Å²) in [5.74, 6) is 0.135. The normalized spacial score (nSPS) is 24.0. The smallest absolute Gasteiger partial charge is 0.331 e. The molecule has 1 aliphatic carbocycles. The molecule has 0 radical (unpaired) electrons. The summed E-state index contributed by atoms with van der Waals surface area (Å²) in [4.78, 5) is 24.4. The molecule has 3 rings (SSSR count). The van der Waals surface area contributed by atoms with Crippen molar-refractivity contribution in [3.8, 4) is 5.75 Å². The first kappa shape index (κ1) is 26.2. The zero-order valence-electron chi connectivity index (χ0n) is 20.0. The maximum Gasteiger partial charge on any atom is 0.331 e. The van der Waals surface area contributed by atoms with Crippen LogP contribution in [0.1, 0.15) is 38.7 Å². The van der Waals surface area contributed by atoms with Gasteiger partial charge in [0.25, 0.3) is 5.91 Å². The summed E-state index contributed by atoms with van der Waals surface area (Å²) in [5.41, 5.74) is 0.485. The number of nitrogens with zero attached hydrogens (tertiary/aromatic N) is 1. The maximum absolute atomic E-state index is 13.1. The molecule has 1 heterocycles. The Morgan fingerprint density at radius 1 is 1.21 bits per heavy atom. The van der Waals surface area contributed by atoms with Crippen LogP contribution in [0, 0.1) is 11.8 Å². The molecule has 188 valence electrons. The minimum absolute atomic E-state index is 0.0163. The number of rotatable bonds is 8. The number of amides is 1. The Morgan fingerprint density at radius 2 is 1.94 bits per heavy atom. The van der Waals surface area contributed by atoms with E-state index < -0.39 is 16.0 Å². The number of ether oxygens (including phenoxy) is 3. The van der Waals surface area contributed by atoms with Crippen LogP contribution in [0.15, 0.2) is 29.2 Å². The Morgan fingerprint density at radius 3 is 2.65 bits per heavy atom. The fraction of sp³-hybridized carbons (Fsp3) is 0.583. The molecular formula is C24H34N2O7S. The highest BCUT2D eigenvalue weighted by Gasteiger charge is 2.30. The number of nitrogens with one attached hydrogen (secondary N) is 1. The van der Waals surface area contributed by atoms with Crippen LogP contribution >= 0.6 is 0 Å². The standard InChI is InChI=1S/C24H34N2O7S/c1-17-5-4-6-20(18(17)2)25-23(27)16-33-24(28)10-8-19-7-9-21(31-3)22(15-19)34(29,30)26-11-13-32-14-12-26/h7-10,15,17-18,20H,4-6,11-14,16H2,1-3H3,(H,25,27)/b10-8+. The molecule has 2 fully saturated rings. The predicted molar refractivity (Wildman–Crippen MR) is 127 cm³/mol. The van der Waals surface area contributed by atoms with Crippen molar-refractivity contribution in [3.63, 3.8) is 0 Å². The Balaban J connectivity index is 1.59. The zero-order valence-corrected chi connectivity index (χ0v) is 20.8. The molecule has 1 aromatic rings. The van der Waals surface area contributed by atoms with E-state index in [0.29, 0.717) is 30.6 Å². The van der Waals surface area contributed by atoms with Crippen molar-refractivity contribution in [3.05, 3.63) is 29.8 Å². The number of benzene rings is 1. The average Bonchev–Trinajstić information content (AvgIpc) is 2.84. The number of carbonyl (C=O) groups is 2. The number of morpholine rings is 1. The predicted octanol–water partition coefficient (Wildman–Crippen LogP) is 2.21. The van der Waals surface area contributed by atoms with Gasteiger partial charge in [-0.25, -0.2) is 13.2 Å². The number of hydrogen-bond donors (Lipinski definition) is 1. The SMILES string of the molecule is COc1ccc(/C=C/C(=O)OCC(=O)NC2CCCC(C)C2C)cc1S(=O)(=O)N1CCOCC1. The number of sulfonamides is 1. The Kier molecular flexibility index (Phi) is 9.10. The summed E-state index contributed by atoms with van der Waals surface area (Å²) in [5, 5.41) is 2.96. The minimum Gasteiger partial charge on any atom is -0.495 e. The molecule has 1 saturated carbocycles. The summed E-state index contributed by atoms with van der Waals surface area (Å²) in [6.07, 6.45) is 5.78. The lowest BCUT2D eigenvalue weighted by molar-refractivity contribution is -0.144. The molecule has 3 atom stereocenters. The van der Waals surface area contributed by atoms with Crippen molar-refractivity contribution in [2.45, 2.75) is 44.0 Å². The van der Waals surface area contributed by atoms with Gasteiger partial charge in [-0.3, -0.25) is 4.79 Å².